The Bertz CT molecular complexity index is 620. The van der Waals surface area contributed by atoms with E-state index in [9.17, 15) is 9.59 Å². The fourth-order valence-corrected chi connectivity index (χ4v) is 1.59. The number of hydrogen-bond acceptors (Lipinski definition) is 5. The van der Waals surface area contributed by atoms with Crippen molar-refractivity contribution in [1.29, 1.82) is 0 Å². The first-order chi connectivity index (χ1) is 8.38. The number of anilines is 3. The third-order valence-corrected chi connectivity index (χ3v) is 2.34. The fourth-order valence-electron chi connectivity index (χ4n) is 1.59. The molecule has 2 rings (SSSR count). The zero-order valence-electron chi connectivity index (χ0n) is 10.6. The maximum Gasteiger partial charge on any atom is 0.253 e. The lowest BCUT2D eigenvalue weighted by atomic mass is 10.1. The second-order valence-electron chi connectivity index (χ2n) is 5.15. The summed E-state index contributed by atoms with van der Waals surface area (Å²) in [6, 6.07) is 3.54. The van der Waals surface area contributed by atoms with E-state index in [1.807, 2.05) is 20.8 Å². The molecule has 2 N–H and O–H groups in total. The summed E-state index contributed by atoms with van der Waals surface area (Å²) < 4.78 is 0. The average molecular weight is 245 g/mol. The van der Waals surface area contributed by atoms with Gasteiger partial charge in [-0.15, -0.1) is 0 Å². The number of aromatic nitrogens is 1. The molecule has 0 spiro atoms. The van der Waals surface area contributed by atoms with Crippen molar-refractivity contribution in [3.63, 3.8) is 0 Å². The Balaban J connectivity index is 2.27. The summed E-state index contributed by atoms with van der Waals surface area (Å²) in [6.45, 7) is 5.79. The summed E-state index contributed by atoms with van der Waals surface area (Å²) >= 11 is 0. The van der Waals surface area contributed by atoms with Crippen molar-refractivity contribution in [3.8, 4) is 0 Å². The van der Waals surface area contributed by atoms with Gasteiger partial charge in [0.1, 0.15) is 11.4 Å². The molecule has 0 bridgehead atoms. The van der Waals surface area contributed by atoms with Crippen LogP contribution < -0.4 is 21.5 Å². The molecular weight excluding hydrogens is 230 g/mol. The molecule has 0 saturated heterocycles. The molecule has 0 saturated carbocycles. The monoisotopic (exact) mass is 245 g/mol. The van der Waals surface area contributed by atoms with E-state index in [4.69, 9.17) is 0 Å². The molecule has 0 unspecified atom stereocenters. The van der Waals surface area contributed by atoms with Gasteiger partial charge in [-0.25, -0.2) is 0 Å². The van der Waals surface area contributed by atoms with Crippen molar-refractivity contribution < 1.29 is 0 Å². The van der Waals surface area contributed by atoms with Gasteiger partial charge < -0.3 is 10.6 Å². The lowest BCUT2D eigenvalue weighted by Crippen LogP contribution is -2.41. The molecule has 0 fully saturated rings. The first-order valence-electron chi connectivity index (χ1n) is 5.67. The number of nitrogens with zero attached hydrogens (tertiary/aromatic N) is 1. The highest BCUT2D eigenvalue weighted by Gasteiger charge is 2.24. The van der Waals surface area contributed by atoms with E-state index in [0.29, 0.717) is 17.1 Å². The van der Waals surface area contributed by atoms with Gasteiger partial charge in [-0.05, 0) is 32.9 Å². The molecule has 0 aliphatic heterocycles. The summed E-state index contributed by atoms with van der Waals surface area (Å²) in [4.78, 5) is 27.0. The van der Waals surface area contributed by atoms with E-state index in [1.54, 1.807) is 24.5 Å². The third-order valence-electron chi connectivity index (χ3n) is 2.34. The number of nitrogens with one attached hydrogen (secondary N) is 2. The van der Waals surface area contributed by atoms with Gasteiger partial charge in [0.05, 0.1) is 11.9 Å². The van der Waals surface area contributed by atoms with Gasteiger partial charge in [0.15, 0.2) is 0 Å². The number of rotatable bonds is 3. The maximum absolute atomic E-state index is 11.5. The molecule has 1 aromatic carbocycles. The van der Waals surface area contributed by atoms with Crippen LogP contribution in [0.15, 0.2) is 34.1 Å². The molecule has 0 aliphatic rings. The summed E-state index contributed by atoms with van der Waals surface area (Å²) in [7, 11) is 0. The number of pyridine rings is 1. The zero-order chi connectivity index (χ0) is 13.3. The minimum Gasteiger partial charge on any atom is -0.375 e. The molecule has 5 nitrogen and oxygen atoms in total. The predicted molar refractivity (Wildman–Crippen MR) is 72.2 cm³/mol. The third kappa shape index (κ3) is 2.40. The average Bonchev–Trinajstić information content (AvgIpc) is 2.33. The van der Waals surface area contributed by atoms with Crippen molar-refractivity contribution in [2.45, 2.75) is 26.3 Å². The predicted octanol–water partition coefficient (Wildman–Crippen LogP) is 1.63. The Labute approximate surface area is 105 Å². The molecule has 0 amide bonds. The quantitative estimate of drug-likeness (QED) is 0.804. The summed E-state index contributed by atoms with van der Waals surface area (Å²) in [6.07, 6.45) is 3.24. The van der Waals surface area contributed by atoms with Gasteiger partial charge >= 0.3 is 0 Å². The largest absolute Gasteiger partial charge is 0.375 e. The van der Waals surface area contributed by atoms with Crippen LogP contribution in [0.4, 0.5) is 17.1 Å². The minimum absolute atomic E-state index is 0.270. The van der Waals surface area contributed by atoms with E-state index in [2.05, 4.69) is 15.6 Å². The van der Waals surface area contributed by atoms with E-state index in [0.717, 1.165) is 0 Å². The van der Waals surface area contributed by atoms with E-state index in [-0.39, 0.29) is 5.54 Å². The van der Waals surface area contributed by atoms with Gasteiger partial charge in [-0.1, -0.05) is 0 Å². The Morgan fingerprint density at radius 2 is 1.78 bits per heavy atom. The highest BCUT2D eigenvalue weighted by molar-refractivity contribution is 5.78. The summed E-state index contributed by atoms with van der Waals surface area (Å²) in [5.41, 5.74) is 0.0934. The molecule has 5 heteroatoms. The second kappa shape index (κ2) is 4.25. The van der Waals surface area contributed by atoms with Crippen LogP contribution >= 0.6 is 0 Å². The molecule has 94 valence electrons. The van der Waals surface area contributed by atoms with Crippen molar-refractivity contribution in [2.24, 2.45) is 0 Å². The van der Waals surface area contributed by atoms with Crippen molar-refractivity contribution in [3.05, 3.63) is 45.0 Å². The Morgan fingerprint density at radius 3 is 2.33 bits per heavy atom. The second-order valence-corrected chi connectivity index (χ2v) is 5.15. The summed E-state index contributed by atoms with van der Waals surface area (Å²) in [5.74, 6) is 0. The molecule has 2 aromatic rings. The standard InChI is InChI=1S/C13H15N3O2/c1-13(2,3)16-10-9(11(17)12(10)18)15-8-5-4-6-14-7-8/h4-7,15-16H,1-3H3. The molecule has 1 heterocycles. The van der Waals surface area contributed by atoms with Gasteiger partial charge in [0.25, 0.3) is 10.9 Å². The molecule has 0 aliphatic carbocycles. The van der Waals surface area contributed by atoms with Crippen LogP contribution in [0.2, 0.25) is 0 Å². The Kier molecular flexibility index (Phi) is 2.90. The highest BCUT2D eigenvalue weighted by Crippen LogP contribution is 2.22. The Morgan fingerprint density at radius 1 is 1.11 bits per heavy atom. The van der Waals surface area contributed by atoms with Crippen LogP contribution in [0.5, 0.6) is 0 Å². The molecule has 0 atom stereocenters. The topological polar surface area (TPSA) is 71.1 Å². The molecular formula is C13H15N3O2. The van der Waals surface area contributed by atoms with Crippen molar-refractivity contribution in [1.82, 2.24) is 4.98 Å². The molecule has 1 aromatic heterocycles. The fraction of sp³-hybridized carbons (Fsp3) is 0.308. The van der Waals surface area contributed by atoms with Gasteiger partial charge in [0.2, 0.25) is 0 Å². The van der Waals surface area contributed by atoms with Crippen LogP contribution in [-0.2, 0) is 0 Å². The minimum atomic E-state index is -0.495. The van der Waals surface area contributed by atoms with Crippen LogP contribution in [-0.4, -0.2) is 10.5 Å². The molecule has 18 heavy (non-hydrogen) atoms. The van der Waals surface area contributed by atoms with Gasteiger partial charge in [-0.2, -0.15) is 0 Å². The van der Waals surface area contributed by atoms with E-state index in [1.165, 1.54) is 0 Å². The first kappa shape index (κ1) is 12.3. The molecule has 0 radical (unpaired) electrons. The zero-order valence-corrected chi connectivity index (χ0v) is 10.6. The van der Waals surface area contributed by atoms with Crippen LogP contribution in [0.25, 0.3) is 0 Å². The van der Waals surface area contributed by atoms with Gasteiger partial charge in [0, 0.05) is 11.7 Å². The lowest BCUT2D eigenvalue weighted by molar-refractivity contribution is 0.632. The van der Waals surface area contributed by atoms with Crippen LogP contribution in [0.3, 0.4) is 0 Å². The smallest absolute Gasteiger partial charge is 0.253 e. The normalized spacial score (nSPS) is 11.5. The lowest BCUT2D eigenvalue weighted by Gasteiger charge is -2.24. The van der Waals surface area contributed by atoms with Gasteiger partial charge in [-0.3, -0.25) is 14.6 Å². The van der Waals surface area contributed by atoms with Crippen molar-refractivity contribution >= 4 is 17.1 Å². The number of hydrogen-bond donors (Lipinski definition) is 2. The van der Waals surface area contributed by atoms with Crippen LogP contribution in [0, 0.1) is 0 Å². The first-order valence-corrected chi connectivity index (χ1v) is 5.67. The summed E-state index contributed by atoms with van der Waals surface area (Å²) in [5, 5.41) is 5.95. The highest BCUT2D eigenvalue weighted by atomic mass is 16.2. The Hall–Kier alpha value is -2.17. The SMILES string of the molecule is CC(C)(C)Nc1c(Nc2cccnc2)c(=O)c1=O. The van der Waals surface area contributed by atoms with E-state index < -0.39 is 10.9 Å². The van der Waals surface area contributed by atoms with E-state index >= 15 is 0 Å². The van der Waals surface area contributed by atoms with Crippen LogP contribution in [0.1, 0.15) is 20.8 Å². The maximum atomic E-state index is 11.5. The van der Waals surface area contributed by atoms with Crippen molar-refractivity contribution in [2.75, 3.05) is 10.6 Å².